The molecule has 1 aromatic heterocycles. The lowest BCUT2D eigenvalue weighted by Crippen LogP contribution is -2.44. The van der Waals surface area contributed by atoms with Crippen molar-refractivity contribution in [1.29, 1.82) is 0 Å². The second kappa shape index (κ2) is 6.81. The van der Waals surface area contributed by atoms with Gasteiger partial charge in [0.1, 0.15) is 5.01 Å². The lowest BCUT2D eigenvalue weighted by Gasteiger charge is -2.29. The number of hydrogen-bond acceptors (Lipinski definition) is 4. The molecule has 3 rings (SSSR count). The van der Waals surface area contributed by atoms with Gasteiger partial charge in [-0.2, -0.15) is 0 Å². The maximum Gasteiger partial charge on any atom is 0.222 e. The summed E-state index contributed by atoms with van der Waals surface area (Å²) >= 11 is 1.65. The summed E-state index contributed by atoms with van der Waals surface area (Å²) in [5.41, 5.74) is 7.91. The summed E-state index contributed by atoms with van der Waals surface area (Å²) in [5, 5.41) is 6.34. The highest BCUT2D eigenvalue weighted by Crippen LogP contribution is 2.40. The third-order valence-corrected chi connectivity index (χ3v) is 5.66. The van der Waals surface area contributed by atoms with Crippen LogP contribution in [0.1, 0.15) is 54.4 Å². The molecule has 3 N–H and O–H groups in total. The number of thiazole rings is 1. The van der Waals surface area contributed by atoms with Gasteiger partial charge in [-0.05, 0) is 25.3 Å². The Kier molecular flexibility index (Phi) is 4.78. The number of hydrogen-bond donors (Lipinski definition) is 2. The molecule has 4 nitrogen and oxygen atoms in total. The number of benzene rings is 1. The molecule has 1 unspecified atom stereocenters. The van der Waals surface area contributed by atoms with Crippen LogP contribution in [0.2, 0.25) is 0 Å². The SMILES string of the molecule is Cc1csc(C2(NC(=O)CC(N)c3ccccc3)CCCC2)n1. The minimum absolute atomic E-state index is 0.0103. The fourth-order valence-electron chi connectivity index (χ4n) is 3.28. The normalized spacial score (nSPS) is 17.8. The van der Waals surface area contributed by atoms with Crippen LogP contribution in [0, 0.1) is 6.92 Å². The molecule has 0 bridgehead atoms. The van der Waals surface area contributed by atoms with E-state index in [1.807, 2.05) is 37.3 Å². The smallest absolute Gasteiger partial charge is 0.222 e. The monoisotopic (exact) mass is 329 g/mol. The molecule has 5 heteroatoms. The van der Waals surface area contributed by atoms with E-state index in [2.05, 4.69) is 15.7 Å². The number of carbonyl (C=O) groups excluding carboxylic acids is 1. The van der Waals surface area contributed by atoms with Crippen LogP contribution < -0.4 is 11.1 Å². The van der Waals surface area contributed by atoms with E-state index in [1.165, 1.54) is 0 Å². The first-order chi connectivity index (χ1) is 11.1. The maximum absolute atomic E-state index is 12.6. The highest BCUT2D eigenvalue weighted by Gasteiger charge is 2.39. The van der Waals surface area contributed by atoms with Gasteiger partial charge < -0.3 is 11.1 Å². The first-order valence-electron chi connectivity index (χ1n) is 8.13. The molecule has 23 heavy (non-hydrogen) atoms. The highest BCUT2D eigenvalue weighted by molar-refractivity contribution is 7.09. The number of nitrogens with one attached hydrogen (secondary N) is 1. The summed E-state index contributed by atoms with van der Waals surface area (Å²) in [6, 6.07) is 9.51. The fourth-order valence-corrected chi connectivity index (χ4v) is 4.29. The summed E-state index contributed by atoms with van der Waals surface area (Å²) in [6.45, 7) is 2.00. The van der Waals surface area contributed by atoms with Crippen LogP contribution in [0.25, 0.3) is 0 Å². The topological polar surface area (TPSA) is 68.0 Å². The Morgan fingerprint density at radius 2 is 2.04 bits per heavy atom. The van der Waals surface area contributed by atoms with Crippen molar-refractivity contribution in [2.24, 2.45) is 5.73 Å². The van der Waals surface area contributed by atoms with Crippen molar-refractivity contribution in [1.82, 2.24) is 10.3 Å². The molecule has 1 aliphatic rings. The van der Waals surface area contributed by atoms with E-state index in [1.54, 1.807) is 11.3 Å². The molecule has 1 fully saturated rings. The Balaban J connectivity index is 1.70. The van der Waals surface area contributed by atoms with E-state index < -0.39 is 0 Å². The molecule has 1 atom stereocenters. The quantitative estimate of drug-likeness (QED) is 0.883. The summed E-state index contributed by atoms with van der Waals surface area (Å²) in [7, 11) is 0. The largest absolute Gasteiger partial charge is 0.344 e. The van der Waals surface area contributed by atoms with Crippen molar-refractivity contribution in [3.05, 3.63) is 52.0 Å². The maximum atomic E-state index is 12.6. The second-order valence-corrected chi connectivity index (χ2v) is 7.21. The van der Waals surface area contributed by atoms with Crippen LogP contribution >= 0.6 is 11.3 Å². The lowest BCUT2D eigenvalue weighted by molar-refractivity contribution is -0.123. The molecule has 1 aliphatic carbocycles. The molecule has 2 aromatic rings. The van der Waals surface area contributed by atoms with Gasteiger partial charge in [-0.15, -0.1) is 11.3 Å². The standard InChI is InChI=1S/C18H23N3OS/c1-13-12-23-17(20-13)18(9-5-6-10-18)21-16(22)11-15(19)14-7-3-2-4-8-14/h2-4,7-8,12,15H,5-6,9-11,19H2,1H3,(H,21,22). The van der Waals surface area contributed by atoms with Crippen LogP contribution in [0.4, 0.5) is 0 Å². The average molecular weight is 329 g/mol. The molecule has 1 saturated carbocycles. The zero-order valence-corrected chi connectivity index (χ0v) is 14.2. The summed E-state index contributed by atoms with van der Waals surface area (Å²) < 4.78 is 0. The Morgan fingerprint density at radius 1 is 1.35 bits per heavy atom. The first kappa shape index (κ1) is 16.1. The van der Waals surface area contributed by atoms with Crippen LogP contribution in [0.5, 0.6) is 0 Å². The zero-order valence-electron chi connectivity index (χ0n) is 13.4. The molecule has 0 spiro atoms. The van der Waals surface area contributed by atoms with E-state index in [0.717, 1.165) is 41.9 Å². The molecule has 0 aliphatic heterocycles. The van der Waals surface area contributed by atoms with E-state index in [-0.39, 0.29) is 17.5 Å². The summed E-state index contributed by atoms with van der Waals surface area (Å²) in [6.07, 6.45) is 4.49. The molecule has 122 valence electrons. The molecule has 1 heterocycles. The average Bonchev–Trinajstić information content (AvgIpc) is 3.18. The highest BCUT2D eigenvalue weighted by atomic mass is 32.1. The van der Waals surface area contributed by atoms with Gasteiger partial charge in [0, 0.05) is 23.5 Å². The number of carbonyl (C=O) groups is 1. The number of amides is 1. The molecule has 0 radical (unpaired) electrons. The van der Waals surface area contributed by atoms with Crippen LogP contribution in [0.15, 0.2) is 35.7 Å². The van der Waals surface area contributed by atoms with Crippen molar-refractivity contribution in [2.45, 2.75) is 50.6 Å². The Labute approximate surface area is 141 Å². The van der Waals surface area contributed by atoms with E-state index in [9.17, 15) is 4.79 Å². The number of aromatic nitrogens is 1. The van der Waals surface area contributed by atoms with E-state index in [0.29, 0.717) is 6.42 Å². The van der Waals surface area contributed by atoms with Gasteiger partial charge in [-0.25, -0.2) is 4.98 Å². The van der Waals surface area contributed by atoms with Gasteiger partial charge in [0.05, 0.1) is 5.54 Å². The number of aryl methyl sites for hydroxylation is 1. The predicted molar refractivity (Wildman–Crippen MR) is 93.1 cm³/mol. The van der Waals surface area contributed by atoms with Crippen LogP contribution in [-0.4, -0.2) is 10.9 Å². The molecular formula is C18H23N3OS. The zero-order chi connectivity index (χ0) is 16.3. The van der Waals surface area contributed by atoms with Crippen LogP contribution in [0.3, 0.4) is 0 Å². The molecule has 1 aromatic carbocycles. The lowest BCUT2D eigenvalue weighted by atomic mass is 9.97. The van der Waals surface area contributed by atoms with Gasteiger partial charge in [-0.1, -0.05) is 43.2 Å². The van der Waals surface area contributed by atoms with E-state index >= 15 is 0 Å². The number of rotatable bonds is 5. The molecule has 1 amide bonds. The molecule has 0 saturated heterocycles. The summed E-state index contributed by atoms with van der Waals surface area (Å²) in [4.78, 5) is 17.2. The third-order valence-electron chi connectivity index (χ3n) is 4.50. The minimum atomic E-state index is -0.285. The fraction of sp³-hybridized carbons (Fsp3) is 0.444. The van der Waals surface area contributed by atoms with Gasteiger partial charge in [0.25, 0.3) is 0 Å². The van der Waals surface area contributed by atoms with Gasteiger partial charge >= 0.3 is 0 Å². The Hall–Kier alpha value is -1.72. The minimum Gasteiger partial charge on any atom is -0.344 e. The number of nitrogens with two attached hydrogens (primary N) is 1. The number of nitrogens with zero attached hydrogens (tertiary/aromatic N) is 1. The Morgan fingerprint density at radius 3 is 2.65 bits per heavy atom. The van der Waals surface area contributed by atoms with Crippen molar-refractivity contribution >= 4 is 17.2 Å². The second-order valence-electron chi connectivity index (χ2n) is 6.35. The van der Waals surface area contributed by atoms with Gasteiger partial charge in [0.15, 0.2) is 0 Å². The van der Waals surface area contributed by atoms with E-state index in [4.69, 9.17) is 5.73 Å². The predicted octanol–water partition coefficient (Wildman–Crippen LogP) is 3.43. The van der Waals surface area contributed by atoms with Gasteiger partial charge in [-0.3, -0.25) is 4.79 Å². The van der Waals surface area contributed by atoms with Crippen molar-refractivity contribution in [3.63, 3.8) is 0 Å². The first-order valence-corrected chi connectivity index (χ1v) is 9.01. The van der Waals surface area contributed by atoms with Crippen molar-refractivity contribution in [3.8, 4) is 0 Å². The molecular weight excluding hydrogens is 306 g/mol. The van der Waals surface area contributed by atoms with Crippen molar-refractivity contribution in [2.75, 3.05) is 0 Å². The summed E-state index contributed by atoms with van der Waals surface area (Å²) in [5.74, 6) is 0.0103. The van der Waals surface area contributed by atoms with Crippen molar-refractivity contribution < 1.29 is 4.79 Å². The van der Waals surface area contributed by atoms with Crippen LogP contribution in [-0.2, 0) is 10.3 Å². The third kappa shape index (κ3) is 3.62. The van der Waals surface area contributed by atoms with Gasteiger partial charge in [0.2, 0.25) is 5.91 Å². The Bertz CT molecular complexity index is 662.